The molecule has 13 heteroatoms. The van der Waals surface area contributed by atoms with Crippen molar-refractivity contribution in [2.45, 2.75) is 30.2 Å². The van der Waals surface area contributed by atoms with Crippen molar-refractivity contribution in [1.82, 2.24) is 10.2 Å². The summed E-state index contributed by atoms with van der Waals surface area (Å²) >= 11 is 3.21. The van der Waals surface area contributed by atoms with Crippen molar-refractivity contribution in [3.05, 3.63) is 46.3 Å². The molecule has 2 saturated heterocycles. The van der Waals surface area contributed by atoms with E-state index < -0.39 is 54.5 Å². The molecule has 2 fully saturated rings. The molecule has 3 heterocycles. The highest BCUT2D eigenvalue weighted by Crippen LogP contribution is 2.30. The molecule has 0 radical (unpaired) electrons. The van der Waals surface area contributed by atoms with Gasteiger partial charge >= 0.3 is 6.03 Å². The van der Waals surface area contributed by atoms with Gasteiger partial charge in [-0.05, 0) is 12.1 Å². The van der Waals surface area contributed by atoms with E-state index >= 15 is 0 Å². The molecule has 32 heavy (non-hydrogen) atoms. The highest BCUT2D eigenvalue weighted by atomic mass is 79.9. The number of halogens is 2. The van der Waals surface area contributed by atoms with E-state index in [1.807, 2.05) is 0 Å². The van der Waals surface area contributed by atoms with Gasteiger partial charge in [-0.2, -0.15) is 0 Å². The number of carbonyl (C=O) groups excluding carboxylic acids is 2. The first-order valence-corrected chi connectivity index (χ1v) is 10.3. The van der Waals surface area contributed by atoms with Crippen molar-refractivity contribution in [3.8, 4) is 0 Å². The normalized spacial score (nSPS) is 32.1. The molecule has 0 aliphatic carbocycles. The van der Waals surface area contributed by atoms with Crippen LogP contribution in [0.2, 0.25) is 0 Å². The number of hydrogen-bond acceptors (Lipinski definition) is 9. The molecule has 4 rings (SSSR count). The zero-order valence-electron chi connectivity index (χ0n) is 16.7. The quantitative estimate of drug-likeness (QED) is 0.331. The van der Waals surface area contributed by atoms with Gasteiger partial charge in [0.15, 0.2) is 12.1 Å². The number of aliphatic hydroxyl groups is 3. The number of urea groups is 1. The number of carbonyl (C=O) groups is 2. The molecule has 0 saturated carbocycles. The number of ether oxygens (including phenoxy) is 3. The number of nitrogens with zero attached hydrogens (tertiary/aromatic N) is 1. The highest BCUT2D eigenvalue weighted by molar-refractivity contribution is 9.10. The number of benzene rings is 1. The molecule has 2 amide bonds. The molecule has 0 aromatic heterocycles. The van der Waals surface area contributed by atoms with Crippen LogP contribution in [0.1, 0.15) is 10.4 Å². The molecule has 11 nitrogen and oxygen atoms in total. The Morgan fingerprint density at radius 2 is 1.88 bits per heavy atom. The Kier molecular flexibility index (Phi) is 7.95. The minimum absolute atomic E-state index is 0.0749. The van der Waals surface area contributed by atoms with Crippen molar-refractivity contribution < 1.29 is 43.5 Å². The van der Waals surface area contributed by atoms with Crippen LogP contribution in [-0.2, 0) is 14.2 Å². The van der Waals surface area contributed by atoms with Crippen LogP contribution in [0.4, 0.5) is 9.18 Å². The lowest BCUT2D eigenvalue weighted by molar-refractivity contribution is -0.0679. The third-order valence-electron chi connectivity index (χ3n) is 4.96. The van der Waals surface area contributed by atoms with Crippen LogP contribution in [0.25, 0.3) is 0 Å². The Hall–Kier alpha value is -1.97. The van der Waals surface area contributed by atoms with Crippen molar-refractivity contribution in [3.63, 3.8) is 0 Å². The predicted molar refractivity (Wildman–Crippen MR) is 109 cm³/mol. The number of ketones is 1. The van der Waals surface area contributed by atoms with Crippen LogP contribution < -0.4 is 11.1 Å². The van der Waals surface area contributed by atoms with Crippen LogP contribution in [0, 0.1) is 0 Å². The lowest BCUT2D eigenvalue weighted by Gasteiger charge is -2.37. The van der Waals surface area contributed by atoms with E-state index in [0.717, 1.165) is 13.2 Å². The fourth-order valence-corrected chi connectivity index (χ4v) is 3.43. The Morgan fingerprint density at radius 3 is 2.38 bits per heavy atom. The second-order valence-corrected chi connectivity index (χ2v) is 8.04. The van der Waals surface area contributed by atoms with Gasteiger partial charge in [0.1, 0.15) is 25.1 Å². The van der Waals surface area contributed by atoms with Crippen molar-refractivity contribution >= 4 is 27.7 Å². The molecule has 6 N–H and O–H groups in total. The van der Waals surface area contributed by atoms with Gasteiger partial charge in [-0.3, -0.25) is 15.4 Å². The smallest absolute Gasteiger partial charge is 0.325 e. The summed E-state index contributed by atoms with van der Waals surface area (Å²) in [5.41, 5.74) is 3.47. The van der Waals surface area contributed by atoms with E-state index in [1.165, 1.54) is 12.1 Å². The number of hydrogen-bond donors (Lipinski definition) is 5. The maximum Gasteiger partial charge on any atom is 0.325 e. The van der Waals surface area contributed by atoms with E-state index in [9.17, 15) is 24.2 Å². The van der Waals surface area contributed by atoms with Crippen LogP contribution in [0.3, 0.4) is 0 Å². The monoisotopic (exact) mass is 519 g/mol. The highest BCUT2D eigenvalue weighted by Gasteiger charge is 2.51. The van der Waals surface area contributed by atoms with Crippen molar-refractivity contribution in [1.29, 1.82) is 0 Å². The zero-order valence-corrected chi connectivity index (χ0v) is 18.3. The van der Waals surface area contributed by atoms with Gasteiger partial charge in [0, 0.05) is 16.2 Å². The maximum absolute atomic E-state index is 14.7. The minimum atomic E-state index is -2.43. The summed E-state index contributed by atoms with van der Waals surface area (Å²) in [5, 5.41) is 31.0. The van der Waals surface area contributed by atoms with Gasteiger partial charge in [0.25, 0.3) is 0 Å². The third-order valence-corrected chi connectivity index (χ3v) is 5.49. The molecule has 3 aliphatic rings. The number of nitrogens with two attached hydrogens (primary N) is 1. The van der Waals surface area contributed by atoms with E-state index in [0.29, 0.717) is 22.4 Å². The second-order valence-electron chi connectivity index (χ2n) is 7.12. The van der Waals surface area contributed by atoms with Gasteiger partial charge in [-0.25, -0.2) is 9.18 Å². The van der Waals surface area contributed by atoms with E-state index in [4.69, 9.17) is 25.1 Å². The topological polar surface area (TPSA) is 164 Å². The lowest BCUT2D eigenvalue weighted by atomic mass is 9.96. The number of rotatable bonds is 4. The Labute approximate surface area is 190 Å². The second kappa shape index (κ2) is 10.3. The molecule has 3 aliphatic heterocycles. The minimum Gasteiger partial charge on any atom is -0.394 e. The first kappa shape index (κ1) is 24.7. The average Bonchev–Trinajstić information content (AvgIpc) is 3.44. The van der Waals surface area contributed by atoms with E-state index in [-0.39, 0.29) is 5.56 Å². The van der Waals surface area contributed by atoms with Crippen LogP contribution in [-0.4, -0.2) is 88.9 Å². The number of aliphatic hydroxyl groups excluding tert-OH is 3. The van der Waals surface area contributed by atoms with Crippen molar-refractivity contribution in [2.24, 2.45) is 5.73 Å². The third kappa shape index (κ3) is 5.00. The van der Waals surface area contributed by atoms with Gasteiger partial charge in [0.2, 0.25) is 11.4 Å². The zero-order chi connectivity index (χ0) is 23.5. The van der Waals surface area contributed by atoms with Crippen LogP contribution >= 0.6 is 15.9 Å². The van der Waals surface area contributed by atoms with Crippen LogP contribution in [0.5, 0.6) is 0 Å². The van der Waals surface area contributed by atoms with E-state index in [2.05, 4.69) is 21.2 Å². The Bertz CT molecular complexity index is 861. The Morgan fingerprint density at radius 1 is 1.25 bits per heavy atom. The molecule has 1 aromatic carbocycles. The molecular formula is C19H23BrFN3O8. The maximum atomic E-state index is 14.7. The summed E-state index contributed by atoms with van der Waals surface area (Å²) in [6, 6.07) is 4.94. The number of nitrogens with one attached hydrogen (secondary N) is 1. The Balaban J connectivity index is 0.000000509. The fourth-order valence-electron chi connectivity index (χ4n) is 3.16. The molecule has 5 atom stereocenters. The summed E-state index contributed by atoms with van der Waals surface area (Å²) in [6.07, 6.45) is -5.04. The number of Topliss-reactive ketones (excluding diaryl/α,β-unsaturated/α-hetero) is 1. The van der Waals surface area contributed by atoms with Gasteiger partial charge < -0.3 is 34.8 Å². The molecule has 1 unspecified atom stereocenters. The molecule has 0 spiro atoms. The largest absolute Gasteiger partial charge is 0.394 e. The number of amides is 2. The molecule has 0 bridgehead atoms. The molecule has 1 aromatic rings. The summed E-state index contributed by atoms with van der Waals surface area (Å²) in [5.74, 6) is -2.06. The van der Waals surface area contributed by atoms with Crippen LogP contribution in [0.15, 0.2) is 40.8 Å². The van der Waals surface area contributed by atoms with Gasteiger partial charge in [0.05, 0.1) is 19.8 Å². The fraction of sp³-hybridized carbons (Fsp3) is 0.474. The predicted octanol–water partition coefficient (Wildman–Crippen LogP) is -0.447. The van der Waals surface area contributed by atoms with Gasteiger partial charge in [-0.1, -0.05) is 28.1 Å². The first-order valence-electron chi connectivity index (χ1n) is 9.54. The lowest BCUT2D eigenvalue weighted by Crippen LogP contribution is -2.68. The molecular weight excluding hydrogens is 497 g/mol. The summed E-state index contributed by atoms with van der Waals surface area (Å²) < 4.78 is 30.1. The molecule has 176 valence electrons. The summed E-state index contributed by atoms with van der Waals surface area (Å²) in [6.45, 7) is 1.44. The van der Waals surface area contributed by atoms with Gasteiger partial charge in [-0.15, -0.1) is 0 Å². The van der Waals surface area contributed by atoms with E-state index in [1.54, 1.807) is 12.1 Å². The van der Waals surface area contributed by atoms with Crippen molar-refractivity contribution in [2.75, 3.05) is 26.6 Å². The standard InChI is InChI=1S/C16H17BrFN3O6.C3H6O2/c17-8-3-1-7(2-4-8)13(25)16(19)10(18)5-21(15(26)20-16)14-12(24)11(23)9(6-22)27-14;1-2-5-3-4-1/h1-5,9,11-12,14,22-24H,6,19H2,(H,20,26);1-3H2/t9-,11-,12-,14-,16?;/m1./s1. The summed E-state index contributed by atoms with van der Waals surface area (Å²) in [4.78, 5) is 25.7. The SMILES string of the molecule is C1COCO1.NC1(C(=O)c2ccc(Br)cc2)NC(=O)N([C@@H]2O[C@H](CO)[C@@H](O)[C@H]2O)C=C1F. The first-order chi connectivity index (χ1) is 15.2. The average molecular weight is 520 g/mol. The summed E-state index contributed by atoms with van der Waals surface area (Å²) in [7, 11) is 0.